The van der Waals surface area contributed by atoms with Gasteiger partial charge in [-0.3, -0.25) is 4.79 Å². The van der Waals surface area contributed by atoms with Gasteiger partial charge in [-0.15, -0.1) is 10.2 Å². The number of nitrogens with zero attached hydrogens (tertiary/aromatic N) is 3. The van der Waals surface area contributed by atoms with Gasteiger partial charge in [0.1, 0.15) is 5.76 Å². The van der Waals surface area contributed by atoms with Crippen LogP contribution in [0.3, 0.4) is 0 Å². The van der Waals surface area contributed by atoms with Crippen LogP contribution in [0.1, 0.15) is 42.6 Å². The maximum Gasteiger partial charge on any atom is 0.309 e. The number of amides is 1. The molecule has 1 aromatic carbocycles. The van der Waals surface area contributed by atoms with Crippen LogP contribution >= 0.6 is 0 Å². The molecule has 1 aliphatic rings. The highest BCUT2D eigenvalue weighted by atomic mass is 32.2. The van der Waals surface area contributed by atoms with Gasteiger partial charge in [-0.1, -0.05) is 6.42 Å². The number of benzene rings is 1. The number of furan rings is 1. The molecule has 9 nitrogen and oxygen atoms in total. The van der Waals surface area contributed by atoms with Crippen molar-refractivity contribution in [3.05, 3.63) is 54.3 Å². The fourth-order valence-corrected chi connectivity index (χ4v) is 5.04. The zero-order valence-electron chi connectivity index (χ0n) is 17.2. The zero-order valence-corrected chi connectivity index (χ0v) is 18.0. The number of rotatable bonds is 7. The molecule has 4 rings (SSSR count). The maximum absolute atomic E-state index is 12.8. The van der Waals surface area contributed by atoms with Crippen molar-refractivity contribution >= 4 is 15.9 Å². The van der Waals surface area contributed by atoms with Crippen LogP contribution in [0.2, 0.25) is 0 Å². The molecule has 1 saturated heterocycles. The molecular formula is C21H24N4O5S. The highest BCUT2D eigenvalue weighted by Crippen LogP contribution is 2.24. The molecule has 1 aliphatic heterocycles. The Labute approximate surface area is 180 Å². The minimum Gasteiger partial charge on any atom is -0.469 e. The average molecular weight is 445 g/mol. The van der Waals surface area contributed by atoms with Crippen LogP contribution in [0.4, 0.5) is 0 Å². The van der Waals surface area contributed by atoms with Gasteiger partial charge >= 0.3 is 11.8 Å². The Kier molecular flexibility index (Phi) is 6.19. The Morgan fingerprint density at radius 3 is 2.55 bits per heavy atom. The number of sulfonamides is 1. The van der Waals surface area contributed by atoms with E-state index in [2.05, 4.69) is 15.5 Å². The van der Waals surface area contributed by atoms with Gasteiger partial charge in [-0.25, -0.2) is 8.42 Å². The van der Waals surface area contributed by atoms with Gasteiger partial charge in [-0.05, 0) is 56.2 Å². The summed E-state index contributed by atoms with van der Waals surface area (Å²) in [5.41, 5.74) is 0.535. The summed E-state index contributed by atoms with van der Waals surface area (Å²) < 4.78 is 37.8. The van der Waals surface area contributed by atoms with Crippen LogP contribution in [0, 0.1) is 0 Å². The van der Waals surface area contributed by atoms with Gasteiger partial charge in [0.25, 0.3) is 0 Å². The summed E-state index contributed by atoms with van der Waals surface area (Å²) in [7, 11) is -3.51. The fraction of sp³-hybridized carbons (Fsp3) is 0.381. The summed E-state index contributed by atoms with van der Waals surface area (Å²) >= 11 is 0. The number of aromatic nitrogens is 2. The van der Waals surface area contributed by atoms with Gasteiger partial charge in [0, 0.05) is 31.1 Å². The van der Waals surface area contributed by atoms with Crippen LogP contribution in [0.5, 0.6) is 0 Å². The summed E-state index contributed by atoms with van der Waals surface area (Å²) in [4.78, 5) is 12.6. The Morgan fingerprint density at radius 2 is 1.87 bits per heavy atom. The first-order chi connectivity index (χ1) is 14.9. The second-order valence-electron chi connectivity index (χ2n) is 7.56. The molecule has 10 heteroatoms. The van der Waals surface area contributed by atoms with E-state index < -0.39 is 15.9 Å². The van der Waals surface area contributed by atoms with Crippen molar-refractivity contribution in [1.29, 1.82) is 0 Å². The molecule has 0 saturated carbocycles. The van der Waals surface area contributed by atoms with E-state index in [1.54, 1.807) is 24.5 Å². The molecule has 0 radical (unpaired) electrons. The first-order valence-corrected chi connectivity index (χ1v) is 11.6. The SMILES string of the molecule is C[C@H](Cc1ccco1)NC(=O)c1nnc(-c2ccc(S(=O)(=O)N3CCCCC3)cc2)o1. The van der Waals surface area contributed by atoms with Crippen molar-refractivity contribution in [3.8, 4) is 11.5 Å². The normalized spacial score (nSPS) is 16.2. The van der Waals surface area contributed by atoms with Crippen molar-refractivity contribution in [2.45, 2.75) is 43.5 Å². The third-order valence-corrected chi connectivity index (χ3v) is 7.05. The molecule has 1 amide bonds. The van der Waals surface area contributed by atoms with Gasteiger partial charge in [0.15, 0.2) is 0 Å². The lowest BCUT2D eigenvalue weighted by molar-refractivity contribution is 0.0905. The van der Waals surface area contributed by atoms with E-state index in [9.17, 15) is 13.2 Å². The second-order valence-corrected chi connectivity index (χ2v) is 9.50. The van der Waals surface area contributed by atoms with Crippen molar-refractivity contribution < 1.29 is 22.0 Å². The zero-order chi connectivity index (χ0) is 21.8. The molecule has 1 N–H and O–H groups in total. The van der Waals surface area contributed by atoms with Crippen LogP contribution in [-0.4, -0.2) is 48.0 Å². The molecule has 0 unspecified atom stereocenters. The minimum atomic E-state index is -3.51. The highest BCUT2D eigenvalue weighted by Gasteiger charge is 2.26. The predicted octanol–water partition coefficient (Wildman–Crippen LogP) is 2.87. The van der Waals surface area contributed by atoms with E-state index >= 15 is 0 Å². The number of hydrogen-bond donors (Lipinski definition) is 1. The maximum atomic E-state index is 12.8. The second kappa shape index (κ2) is 9.03. The van der Waals surface area contributed by atoms with E-state index in [-0.39, 0.29) is 22.7 Å². The minimum absolute atomic E-state index is 0.144. The average Bonchev–Trinajstić information content (AvgIpc) is 3.47. The summed E-state index contributed by atoms with van der Waals surface area (Å²) in [5, 5.41) is 10.5. The van der Waals surface area contributed by atoms with Crippen molar-refractivity contribution in [2.24, 2.45) is 0 Å². The first-order valence-electron chi connectivity index (χ1n) is 10.2. The fourth-order valence-electron chi connectivity index (χ4n) is 3.52. The predicted molar refractivity (Wildman–Crippen MR) is 112 cm³/mol. The number of carbonyl (C=O) groups is 1. The van der Waals surface area contributed by atoms with Crippen LogP contribution in [0.25, 0.3) is 11.5 Å². The molecule has 0 spiro atoms. The quantitative estimate of drug-likeness (QED) is 0.595. The van der Waals surface area contributed by atoms with Gasteiger partial charge in [-0.2, -0.15) is 4.31 Å². The Bertz CT molecular complexity index is 1120. The van der Waals surface area contributed by atoms with E-state index in [1.807, 2.05) is 13.0 Å². The summed E-state index contributed by atoms with van der Waals surface area (Å²) in [6, 6.07) is 9.69. The third kappa shape index (κ3) is 4.86. The smallest absolute Gasteiger partial charge is 0.309 e. The van der Waals surface area contributed by atoms with E-state index in [1.165, 1.54) is 16.4 Å². The topological polar surface area (TPSA) is 119 Å². The molecular weight excluding hydrogens is 420 g/mol. The highest BCUT2D eigenvalue weighted by molar-refractivity contribution is 7.89. The number of carbonyl (C=O) groups excluding carboxylic acids is 1. The van der Waals surface area contributed by atoms with Gasteiger partial charge in [0.2, 0.25) is 15.9 Å². The summed E-state index contributed by atoms with van der Waals surface area (Å²) in [6.07, 6.45) is 4.93. The van der Waals surface area contributed by atoms with E-state index in [4.69, 9.17) is 8.83 Å². The molecule has 31 heavy (non-hydrogen) atoms. The molecule has 0 bridgehead atoms. The number of piperidine rings is 1. The van der Waals surface area contributed by atoms with Crippen LogP contribution in [0.15, 0.2) is 56.4 Å². The number of nitrogens with one attached hydrogen (secondary N) is 1. The summed E-state index contributed by atoms with van der Waals surface area (Å²) in [6.45, 7) is 2.94. The molecule has 0 aliphatic carbocycles. The Hall–Kier alpha value is -2.98. The Balaban J connectivity index is 1.42. The van der Waals surface area contributed by atoms with Crippen molar-refractivity contribution in [3.63, 3.8) is 0 Å². The lowest BCUT2D eigenvalue weighted by atomic mass is 10.2. The number of hydrogen-bond acceptors (Lipinski definition) is 7. The summed E-state index contributed by atoms with van der Waals surface area (Å²) in [5.74, 6) is 0.262. The van der Waals surface area contributed by atoms with Crippen molar-refractivity contribution in [1.82, 2.24) is 19.8 Å². The van der Waals surface area contributed by atoms with Gasteiger partial charge in [0.05, 0.1) is 11.2 Å². The van der Waals surface area contributed by atoms with Crippen LogP contribution in [-0.2, 0) is 16.4 Å². The van der Waals surface area contributed by atoms with Crippen molar-refractivity contribution in [2.75, 3.05) is 13.1 Å². The standard InChI is InChI=1S/C21H24N4O5S/c1-15(14-17-6-5-13-29-17)22-19(26)21-24-23-20(30-21)16-7-9-18(10-8-16)31(27,28)25-11-3-2-4-12-25/h5-10,13,15H,2-4,11-12,14H2,1H3,(H,22,26)/t15-/m1/s1. The lowest BCUT2D eigenvalue weighted by Gasteiger charge is -2.25. The molecule has 164 valence electrons. The van der Waals surface area contributed by atoms with Gasteiger partial charge < -0.3 is 14.2 Å². The first kappa shape index (κ1) is 21.3. The third-order valence-electron chi connectivity index (χ3n) is 5.14. The molecule has 2 aromatic heterocycles. The lowest BCUT2D eigenvalue weighted by Crippen LogP contribution is -2.35. The van der Waals surface area contributed by atoms with E-state index in [0.29, 0.717) is 25.1 Å². The Morgan fingerprint density at radius 1 is 1.13 bits per heavy atom. The molecule has 1 atom stereocenters. The van der Waals surface area contributed by atoms with E-state index in [0.717, 1.165) is 25.0 Å². The monoisotopic (exact) mass is 444 g/mol. The molecule has 3 heterocycles. The molecule has 3 aromatic rings. The van der Waals surface area contributed by atoms with Crippen LogP contribution < -0.4 is 5.32 Å². The largest absolute Gasteiger partial charge is 0.469 e. The molecule has 1 fully saturated rings.